The molecule has 1 aliphatic heterocycles. The average Bonchev–Trinajstić information content (AvgIpc) is 3.31. The van der Waals surface area contributed by atoms with Crippen LogP contribution in [0.1, 0.15) is 23.0 Å². The predicted octanol–water partition coefficient (Wildman–Crippen LogP) is 4.16. The minimum absolute atomic E-state index is 0.103. The fourth-order valence-electron chi connectivity index (χ4n) is 5.31. The molecule has 2 aromatic carbocycles. The summed E-state index contributed by atoms with van der Waals surface area (Å²) in [6, 6.07) is 20.3. The van der Waals surface area contributed by atoms with Gasteiger partial charge in [-0.3, -0.25) is 14.3 Å². The number of aromatic nitrogens is 5. The van der Waals surface area contributed by atoms with Crippen molar-refractivity contribution in [2.45, 2.75) is 20.4 Å². The van der Waals surface area contributed by atoms with Crippen molar-refractivity contribution in [3.05, 3.63) is 101 Å². The van der Waals surface area contributed by atoms with Crippen LogP contribution in [0.15, 0.2) is 83.9 Å². The molecule has 1 aliphatic rings. The Balaban J connectivity index is 1.24. The summed E-state index contributed by atoms with van der Waals surface area (Å²) in [5, 5.41) is 2.87. The number of hydrogen-bond donors (Lipinski definition) is 2. The molecule has 3 N–H and O–H groups in total. The third kappa shape index (κ3) is 5.50. The molecule has 3 aromatic heterocycles. The number of nitrogens with one attached hydrogen (secondary N) is 1. The maximum absolute atomic E-state index is 13.4. The first-order chi connectivity index (χ1) is 20.9. The summed E-state index contributed by atoms with van der Waals surface area (Å²) in [6.45, 7) is 7.16. The number of ether oxygens (including phenoxy) is 1. The SMILES string of the molecule is CCn1c(C)c(C(=O)Nc2ccc(-c3nc(-c4ccnc(N5CCOCC5)c4)cnc3N)cc2)c(=O)n1-c1ccccc1. The van der Waals surface area contributed by atoms with E-state index < -0.39 is 5.91 Å². The molecule has 11 heteroatoms. The first-order valence-corrected chi connectivity index (χ1v) is 14.2. The summed E-state index contributed by atoms with van der Waals surface area (Å²) in [4.78, 5) is 42.6. The molecule has 5 aromatic rings. The predicted molar refractivity (Wildman–Crippen MR) is 167 cm³/mol. The molecule has 11 nitrogen and oxygen atoms in total. The van der Waals surface area contributed by atoms with Crippen molar-refractivity contribution in [1.29, 1.82) is 0 Å². The van der Waals surface area contributed by atoms with Crippen molar-refractivity contribution in [2.24, 2.45) is 0 Å². The van der Waals surface area contributed by atoms with Gasteiger partial charge in [0.1, 0.15) is 22.9 Å². The molecule has 1 amide bonds. The van der Waals surface area contributed by atoms with E-state index in [1.807, 2.05) is 61.5 Å². The maximum Gasteiger partial charge on any atom is 0.284 e. The number of amides is 1. The molecule has 6 rings (SSSR count). The number of pyridine rings is 1. The van der Waals surface area contributed by atoms with Gasteiger partial charge < -0.3 is 20.7 Å². The maximum atomic E-state index is 13.4. The van der Waals surface area contributed by atoms with E-state index in [0.29, 0.717) is 54.0 Å². The standard InChI is InChI=1S/C32H32N8O3/c1-3-39-21(2)28(32(42)40(39)25-7-5-4-6-8-25)31(41)36-24-11-9-22(10-12-24)29-30(33)35-20-26(37-29)23-13-14-34-27(19-23)38-15-17-43-18-16-38/h4-14,19-20H,3,15-18H2,1-2H3,(H2,33,35)(H,36,41). The van der Waals surface area contributed by atoms with Gasteiger partial charge in [-0.15, -0.1) is 0 Å². The summed E-state index contributed by atoms with van der Waals surface area (Å²) in [5.41, 5.74) is 10.6. The van der Waals surface area contributed by atoms with Gasteiger partial charge in [0.25, 0.3) is 11.5 Å². The van der Waals surface area contributed by atoms with Crippen LogP contribution >= 0.6 is 0 Å². The molecule has 0 spiro atoms. The number of carbonyl (C=O) groups is 1. The number of carbonyl (C=O) groups excluding carboxylic acids is 1. The van der Waals surface area contributed by atoms with Crippen LogP contribution in [0.25, 0.3) is 28.2 Å². The second kappa shape index (κ2) is 11.9. The molecule has 43 heavy (non-hydrogen) atoms. The van der Waals surface area contributed by atoms with E-state index in [9.17, 15) is 9.59 Å². The molecule has 0 saturated carbocycles. The Morgan fingerprint density at radius 2 is 1.74 bits per heavy atom. The van der Waals surface area contributed by atoms with E-state index in [2.05, 4.69) is 20.2 Å². The molecular formula is C32H32N8O3. The Kier molecular flexibility index (Phi) is 7.71. The van der Waals surface area contributed by atoms with Crippen molar-refractivity contribution < 1.29 is 9.53 Å². The van der Waals surface area contributed by atoms with Gasteiger partial charge in [0, 0.05) is 42.6 Å². The number of nitrogens with zero attached hydrogens (tertiary/aromatic N) is 6. The van der Waals surface area contributed by atoms with Gasteiger partial charge in [0.15, 0.2) is 0 Å². The second-order valence-electron chi connectivity index (χ2n) is 10.2. The van der Waals surface area contributed by atoms with Gasteiger partial charge in [-0.2, -0.15) is 0 Å². The van der Waals surface area contributed by atoms with Gasteiger partial charge in [-0.05, 0) is 50.2 Å². The minimum Gasteiger partial charge on any atom is -0.382 e. The fourth-order valence-corrected chi connectivity index (χ4v) is 5.31. The lowest BCUT2D eigenvalue weighted by Crippen LogP contribution is -2.36. The number of nitrogen functional groups attached to an aromatic ring is 1. The van der Waals surface area contributed by atoms with Crippen LogP contribution in [-0.4, -0.2) is 56.5 Å². The van der Waals surface area contributed by atoms with E-state index in [4.69, 9.17) is 15.5 Å². The summed E-state index contributed by atoms with van der Waals surface area (Å²) < 4.78 is 8.80. The van der Waals surface area contributed by atoms with Crippen LogP contribution in [0.2, 0.25) is 0 Å². The highest BCUT2D eigenvalue weighted by Crippen LogP contribution is 2.28. The third-order valence-electron chi connectivity index (χ3n) is 7.52. The zero-order valence-corrected chi connectivity index (χ0v) is 24.0. The third-order valence-corrected chi connectivity index (χ3v) is 7.52. The highest BCUT2D eigenvalue weighted by Gasteiger charge is 2.23. The van der Waals surface area contributed by atoms with Crippen LogP contribution < -0.4 is 21.5 Å². The van der Waals surface area contributed by atoms with Crippen LogP contribution in [0.4, 0.5) is 17.3 Å². The van der Waals surface area contributed by atoms with Crippen molar-refractivity contribution in [3.63, 3.8) is 0 Å². The highest BCUT2D eigenvalue weighted by molar-refractivity contribution is 6.05. The minimum atomic E-state index is -0.470. The molecule has 0 aliphatic carbocycles. The Morgan fingerprint density at radius 3 is 2.47 bits per heavy atom. The Hall–Kier alpha value is -5.29. The van der Waals surface area contributed by atoms with Gasteiger partial charge in [0.2, 0.25) is 0 Å². The van der Waals surface area contributed by atoms with Crippen LogP contribution in [-0.2, 0) is 11.3 Å². The lowest BCUT2D eigenvalue weighted by Gasteiger charge is -2.28. The number of anilines is 3. The summed E-state index contributed by atoms with van der Waals surface area (Å²) in [7, 11) is 0. The topological polar surface area (TPSA) is 133 Å². The lowest BCUT2D eigenvalue weighted by molar-refractivity contribution is 0.102. The first-order valence-electron chi connectivity index (χ1n) is 14.2. The fraction of sp³-hybridized carbons (Fsp3) is 0.219. The molecule has 1 fully saturated rings. The number of para-hydroxylation sites is 1. The van der Waals surface area contributed by atoms with E-state index in [1.54, 1.807) is 36.1 Å². The number of rotatable bonds is 7. The summed E-state index contributed by atoms with van der Waals surface area (Å²) >= 11 is 0. The second-order valence-corrected chi connectivity index (χ2v) is 10.2. The zero-order valence-electron chi connectivity index (χ0n) is 24.0. The van der Waals surface area contributed by atoms with Gasteiger partial charge in [-0.25, -0.2) is 19.6 Å². The number of morpholine rings is 1. The largest absolute Gasteiger partial charge is 0.382 e. The average molecular weight is 577 g/mol. The smallest absolute Gasteiger partial charge is 0.284 e. The lowest BCUT2D eigenvalue weighted by atomic mass is 10.1. The van der Waals surface area contributed by atoms with Gasteiger partial charge in [0.05, 0.1) is 36.5 Å². The molecular weight excluding hydrogens is 544 g/mol. The Morgan fingerprint density at radius 1 is 1.00 bits per heavy atom. The van der Waals surface area contributed by atoms with E-state index in [1.165, 1.54) is 4.68 Å². The van der Waals surface area contributed by atoms with Crippen molar-refractivity contribution in [3.8, 4) is 28.2 Å². The summed E-state index contributed by atoms with van der Waals surface area (Å²) in [5.74, 6) is 0.685. The van der Waals surface area contributed by atoms with Crippen LogP contribution in [0.5, 0.6) is 0 Å². The van der Waals surface area contributed by atoms with Crippen molar-refractivity contribution >= 4 is 23.2 Å². The molecule has 0 radical (unpaired) electrons. The Labute approximate surface area is 248 Å². The normalized spacial score (nSPS) is 13.2. The van der Waals surface area contributed by atoms with Crippen LogP contribution in [0, 0.1) is 6.92 Å². The number of hydrogen-bond acceptors (Lipinski definition) is 8. The quantitative estimate of drug-likeness (QED) is 0.295. The van der Waals surface area contributed by atoms with Crippen molar-refractivity contribution in [2.75, 3.05) is 42.3 Å². The first kappa shape index (κ1) is 27.9. The highest BCUT2D eigenvalue weighted by atomic mass is 16.5. The number of nitrogens with two attached hydrogens (primary N) is 1. The van der Waals surface area contributed by atoms with Gasteiger partial charge in [-0.1, -0.05) is 30.3 Å². The van der Waals surface area contributed by atoms with Crippen LogP contribution in [0.3, 0.4) is 0 Å². The molecule has 1 saturated heterocycles. The molecule has 4 heterocycles. The number of benzene rings is 2. The van der Waals surface area contributed by atoms with E-state index in [0.717, 1.165) is 30.0 Å². The Bertz CT molecular complexity index is 1820. The van der Waals surface area contributed by atoms with Gasteiger partial charge >= 0.3 is 0 Å². The monoisotopic (exact) mass is 576 g/mol. The van der Waals surface area contributed by atoms with E-state index in [-0.39, 0.29) is 11.1 Å². The van der Waals surface area contributed by atoms with Crippen molar-refractivity contribution in [1.82, 2.24) is 24.3 Å². The molecule has 0 unspecified atom stereocenters. The molecule has 218 valence electrons. The zero-order chi connectivity index (χ0) is 29.9. The molecule has 0 atom stereocenters. The summed E-state index contributed by atoms with van der Waals surface area (Å²) in [6.07, 6.45) is 3.42. The van der Waals surface area contributed by atoms with E-state index >= 15 is 0 Å². The molecule has 0 bridgehead atoms.